The molecule has 9 fully saturated rings. The van der Waals surface area contributed by atoms with Crippen LogP contribution in [0.2, 0.25) is 0 Å². The van der Waals surface area contributed by atoms with E-state index in [1.54, 1.807) is 0 Å². The summed E-state index contributed by atoms with van der Waals surface area (Å²) in [6.07, 6.45) is -13.9. The summed E-state index contributed by atoms with van der Waals surface area (Å²) in [5, 5.41) is 95.7. The van der Waals surface area contributed by atoms with E-state index in [1.807, 2.05) is 0 Å². The van der Waals surface area contributed by atoms with Gasteiger partial charge in [0.15, 0.2) is 25.0 Å². The number of hydrogen-bond donors (Lipinski definition) is 9. The smallest absolute Gasteiger partial charge is 0.335 e. The summed E-state index contributed by atoms with van der Waals surface area (Å²) in [6.45, 7) is 16.6. The van der Waals surface area contributed by atoms with Crippen molar-refractivity contribution < 1.29 is 83.9 Å². The molecule has 17 heteroatoms. The van der Waals surface area contributed by atoms with Crippen LogP contribution in [-0.4, -0.2) is 170 Å². The first-order chi connectivity index (χ1) is 30.0. The average Bonchev–Trinajstić information content (AvgIpc) is 3.58. The van der Waals surface area contributed by atoms with E-state index in [-0.39, 0.29) is 27.6 Å². The minimum absolute atomic E-state index is 0.0499. The Labute approximate surface area is 376 Å². The van der Waals surface area contributed by atoms with Gasteiger partial charge in [-0.05, 0) is 120 Å². The quantitative estimate of drug-likeness (QED) is 0.156. The molecule has 17 nitrogen and oxygen atoms in total. The van der Waals surface area contributed by atoms with Crippen LogP contribution < -0.4 is 0 Å². The van der Waals surface area contributed by atoms with Crippen molar-refractivity contribution in [2.24, 2.45) is 56.2 Å². The van der Waals surface area contributed by atoms with E-state index in [0.29, 0.717) is 35.7 Å². The van der Waals surface area contributed by atoms with Crippen molar-refractivity contribution in [3.8, 4) is 0 Å². The first-order valence-electron chi connectivity index (χ1n) is 24.1. The Hall–Kier alpha value is -1.13. The van der Waals surface area contributed by atoms with Crippen LogP contribution in [0.5, 0.6) is 0 Å². The molecule has 0 radical (unpaired) electrons. The standard InChI is InChI=1S/C47H76O17/c1-42(2)14-16-47-17-15-45(6)21(27(47)37(42)59-20-47)8-9-25-44(5)12-11-26(43(3,4)24(44)10-13-46(25,45)7)61-41-36(64-40-32(54)30(52)29(51)23(18-48)60-40)34(33(55)35(63-41)38(56)57)62-39-31(53)28(50)22(49)19-58-39/h21-37,39-41,48-55H,8-20H2,1-7H3,(H,56,57)/t21-,22-,23-,24+,25-,26+,27+,28+,29+,30+,31-,32-,33+,34+,35+,36-,37-,39+,40+,41-,44+,45-,46-,47-/m1/s1. The molecule has 0 aromatic carbocycles. The zero-order chi connectivity index (χ0) is 46.3. The van der Waals surface area contributed by atoms with Gasteiger partial charge < -0.3 is 79.1 Å². The van der Waals surface area contributed by atoms with E-state index in [0.717, 1.165) is 32.3 Å². The van der Waals surface area contributed by atoms with Gasteiger partial charge in [0.2, 0.25) is 0 Å². The second-order valence-electron chi connectivity index (χ2n) is 23.7. The summed E-state index contributed by atoms with van der Waals surface area (Å²) in [5.41, 5.74) is 0.171. The monoisotopic (exact) mass is 913 g/mol. The van der Waals surface area contributed by atoms with E-state index in [1.165, 1.54) is 32.1 Å². The Kier molecular flexibility index (Phi) is 12.4. The lowest BCUT2D eigenvalue weighted by atomic mass is 9.31. The molecule has 9 N–H and O–H groups in total. The highest BCUT2D eigenvalue weighted by Gasteiger charge is 2.73. The molecule has 5 aliphatic carbocycles. The van der Waals surface area contributed by atoms with Crippen molar-refractivity contribution in [3.63, 3.8) is 0 Å². The number of rotatable bonds is 8. The Morgan fingerprint density at radius 1 is 0.625 bits per heavy atom. The third-order valence-corrected chi connectivity index (χ3v) is 20.0. The van der Waals surface area contributed by atoms with Crippen molar-refractivity contribution in [2.75, 3.05) is 19.8 Å². The number of aliphatic hydroxyl groups excluding tert-OH is 8. The lowest BCUT2D eigenvalue weighted by Gasteiger charge is -2.73. The molecule has 0 aromatic heterocycles. The molecule has 0 unspecified atom stereocenters. The molecular weight excluding hydrogens is 836 g/mol. The number of aliphatic hydroxyl groups is 8. The molecule has 0 aromatic rings. The summed E-state index contributed by atoms with van der Waals surface area (Å²) in [6, 6.07) is 0. The van der Waals surface area contributed by atoms with Crippen molar-refractivity contribution in [1.82, 2.24) is 0 Å². The van der Waals surface area contributed by atoms with E-state index in [2.05, 4.69) is 48.5 Å². The van der Waals surface area contributed by atoms with Gasteiger partial charge in [-0.25, -0.2) is 4.79 Å². The van der Waals surface area contributed by atoms with Crippen molar-refractivity contribution in [2.45, 2.75) is 211 Å². The lowest BCUT2D eigenvalue weighted by Crippen LogP contribution is -2.69. The third kappa shape index (κ3) is 7.05. The normalized spacial score (nSPS) is 56.5. The number of carboxylic acid groups (broad SMARTS) is 1. The van der Waals surface area contributed by atoms with Crippen LogP contribution in [0, 0.1) is 56.2 Å². The molecule has 4 aliphatic heterocycles. The van der Waals surface area contributed by atoms with Crippen LogP contribution in [0.1, 0.15) is 113 Å². The van der Waals surface area contributed by atoms with E-state index >= 15 is 0 Å². The number of ether oxygens (including phenoxy) is 7. The Bertz CT molecular complexity index is 1730. The van der Waals surface area contributed by atoms with Crippen LogP contribution in [0.3, 0.4) is 0 Å². The number of fused-ring (bicyclic) bond motifs is 5. The second kappa shape index (κ2) is 16.5. The fraction of sp³-hybridized carbons (Fsp3) is 0.979. The zero-order valence-corrected chi connectivity index (χ0v) is 38.5. The van der Waals surface area contributed by atoms with E-state index in [4.69, 9.17) is 33.2 Å². The third-order valence-electron chi connectivity index (χ3n) is 20.0. The van der Waals surface area contributed by atoms with Crippen molar-refractivity contribution in [3.05, 3.63) is 0 Å². The van der Waals surface area contributed by atoms with Crippen molar-refractivity contribution in [1.29, 1.82) is 0 Å². The molecule has 24 atom stereocenters. The van der Waals surface area contributed by atoms with Gasteiger partial charge in [0.1, 0.15) is 61.0 Å². The van der Waals surface area contributed by atoms with E-state index < -0.39 is 117 Å². The van der Waals surface area contributed by atoms with Crippen LogP contribution in [0.4, 0.5) is 0 Å². The van der Waals surface area contributed by atoms with Crippen LogP contribution in [0.25, 0.3) is 0 Å². The molecule has 0 spiro atoms. The van der Waals surface area contributed by atoms with Gasteiger partial charge >= 0.3 is 5.97 Å². The lowest BCUT2D eigenvalue weighted by molar-refractivity contribution is -0.392. The van der Waals surface area contributed by atoms with Gasteiger partial charge in [0, 0.05) is 0 Å². The van der Waals surface area contributed by atoms with Crippen LogP contribution in [0.15, 0.2) is 0 Å². The van der Waals surface area contributed by atoms with Crippen molar-refractivity contribution >= 4 is 5.97 Å². The first kappa shape index (κ1) is 47.9. The van der Waals surface area contributed by atoms with Gasteiger partial charge in [-0.15, -0.1) is 0 Å². The number of carboxylic acids is 1. The minimum atomic E-state index is -2.02. The highest BCUT2D eigenvalue weighted by molar-refractivity contribution is 5.73. The predicted octanol–water partition coefficient (Wildman–Crippen LogP) is 1.44. The van der Waals surface area contributed by atoms with E-state index in [9.17, 15) is 50.8 Å². The number of carbonyl (C=O) groups is 1. The number of aliphatic carboxylic acids is 1. The fourth-order valence-electron chi connectivity index (χ4n) is 16.2. The van der Waals surface area contributed by atoms with Crippen LogP contribution >= 0.6 is 0 Å². The maximum Gasteiger partial charge on any atom is 0.335 e. The summed E-state index contributed by atoms with van der Waals surface area (Å²) in [5.74, 6) is 0.279. The molecular formula is C47H76O17. The largest absolute Gasteiger partial charge is 0.479 e. The first-order valence-corrected chi connectivity index (χ1v) is 24.1. The summed E-state index contributed by atoms with van der Waals surface area (Å²) < 4.78 is 43.3. The summed E-state index contributed by atoms with van der Waals surface area (Å²) in [7, 11) is 0. The Morgan fingerprint density at radius 2 is 1.31 bits per heavy atom. The maximum absolute atomic E-state index is 12.8. The van der Waals surface area contributed by atoms with Gasteiger partial charge in [-0.3, -0.25) is 0 Å². The molecule has 5 saturated carbocycles. The molecule has 366 valence electrons. The zero-order valence-electron chi connectivity index (χ0n) is 38.5. The topological polar surface area (TPSA) is 264 Å². The minimum Gasteiger partial charge on any atom is -0.479 e. The second-order valence-corrected chi connectivity index (χ2v) is 23.7. The van der Waals surface area contributed by atoms with Gasteiger partial charge in [0.25, 0.3) is 0 Å². The Morgan fingerprint density at radius 3 is 2.02 bits per heavy atom. The molecule has 9 rings (SSSR count). The highest BCUT2D eigenvalue weighted by Crippen LogP contribution is 2.78. The highest BCUT2D eigenvalue weighted by atomic mass is 16.8. The van der Waals surface area contributed by atoms with Gasteiger partial charge in [0.05, 0.1) is 32.0 Å². The molecule has 64 heavy (non-hydrogen) atoms. The molecule has 4 heterocycles. The Balaban J connectivity index is 1.00. The molecule has 0 amide bonds. The molecule has 4 saturated heterocycles. The SMILES string of the molecule is CC1(C)CC[C@]23CC[C@]4(C)[C@H](CC[C@@H]5[C@@]6(C)CC[C@H](O[C@@H]7O[C@H](C(=O)O)[C@@H](O)[C@H](O[C@@H]8OC[C@@H](O)[C@H](O)[C@H]8O)[C@H]7O[C@@H]7O[C@H](CO)[C@H](O)[C@H](O)[C@H]7O)C(C)(C)[C@@H]6CC[C@]54C)[C@H]2[C@H]1OC3. The molecule has 2 bridgehead atoms. The number of hydrogen-bond acceptors (Lipinski definition) is 16. The van der Waals surface area contributed by atoms with Crippen LogP contribution in [-0.2, 0) is 38.0 Å². The fourth-order valence-corrected chi connectivity index (χ4v) is 16.2. The maximum atomic E-state index is 12.8. The predicted molar refractivity (Wildman–Crippen MR) is 223 cm³/mol. The summed E-state index contributed by atoms with van der Waals surface area (Å²) >= 11 is 0. The molecule has 9 aliphatic rings. The summed E-state index contributed by atoms with van der Waals surface area (Å²) in [4.78, 5) is 12.8. The van der Waals surface area contributed by atoms with Gasteiger partial charge in [-0.1, -0.05) is 48.5 Å². The van der Waals surface area contributed by atoms with Gasteiger partial charge in [-0.2, -0.15) is 0 Å². The average molecular weight is 913 g/mol.